The molecule has 5 rings (SSSR count). The smallest absolute Gasteiger partial charge is 0.262 e. The van der Waals surface area contributed by atoms with Gasteiger partial charge in [-0.15, -0.1) is 11.3 Å². The monoisotopic (exact) mass is 550 g/mol. The van der Waals surface area contributed by atoms with E-state index in [1.165, 1.54) is 36.3 Å². The number of hydrogen-bond acceptors (Lipinski definition) is 8. The van der Waals surface area contributed by atoms with Crippen LogP contribution in [0.15, 0.2) is 51.7 Å². The number of aromatic nitrogens is 4. The molecule has 1 aromatic carbocycles. The molecule has 4 aromatic rings. The average Bonchev–Trinajstić information content (AvgIpc) is 3.41. The number of likely N-dealkylation sites (tertiary alicyclic amines) is 1. The first-order valence-corrected chi connectivity index (χ1v) is 15.7. The molecule has 200 valence electrons. The molecule has 1 N–H and O–H groups in total. The SMILES string of the molecule is C=S(=O)(CC)c1cnc(-c2cc3cnc(Nc4ccc(CC5CCCN(C)C5)cc4)nc3n(CC)c2=O)s1. The van der Waals surface area contributed by atoms with E-state index >= 15 is 0 Å². The fraction of sp³-hybridized carbons (Fsp3) is 0.393. The fourth-order valence-electron chi connectivity index (χ4n) is 4.99. The normalized spacial score (nSPS) is 17.9. The summed E-state index contributed by atoms with van der Waals surface area (Å²) in [4.78, 5) is 29.4. The predicted octanol–water partition coefficient (Wildman–Crippen LogP) is 4.66. The summed E-state index contributed by atoms with van der Waals surface area (Å²) in [7, 11) is -0.192. The van der Waals surface area contributed by atoms with E-state index in [9.17, 15) is 9.00 Å². The van der Waals surface area contributed by atoms with Crippen LogP contribution in [0.1, 0.15) is 32.3 Å². The maximum atomic E-state index is 13.4. The number of pyridine rings is 1. The zero-order chi connectivity index (χ0) is 26.9. The molecule has 10 heteroatoms. The van der Waals surface area contributed by atoms with Crippen molar-refractivity contribution in [3.63, 3.8) is 0 Å². The molecule has 38 heavy (non-hydrogen) atoms. The highest BCUT2D eigenvalue weighted by molar-refractivity contribution is 8.02. The summed E-state index contributed by atoms with van der Waals surface area (Å²) in [5.74, 6) is 5.40. The number of piperidine rings is 1. The minimum atomic E-state index is -2.39. The van der Waals surface area contributed by atoms with Gasteiger partial charge in [-0.1, -0.05) is 19.1 Å². The zero-order valence-corrected chi connectivity index (χ0v) is 23.8. The molecule has 2 unspecified atom stereocenters. The van der Waals surface area contributed by atoms with E-state index in [2.05, 4.69) is 62.4 Å². The second-order valence-electron chi connectivity index (χ2n) is 9.96. The minimum Gasteiger partial charge on any atom is -0.324 e. The van der Waals surface area contributed by atoms with E-state index in [1.54, 1.807) is 23.0 Å². The van der Waals surface area contributed by atoms with Crippen LogP contribution in [0.4, 0.5) is 11.6 Å². The van der Waals surface area contributed by atoms with Crippen molar-refractivity contribution in [3.05, 3.63) is 58.6 Å². The molecule has 0 aliphatic carbocycles. The largest absolute Gasteiger partial charge is 0.324 e. The van der Waals surface area contributed by atoms with Gasteiger partial charge in [-0.25, -0.2) is 9.97 Å². The van der Waals surface area contributed by atoms with Crippen LogP contribution in [0.3, 0.4) is 0 Å². The van der Waals surface area contributed by atoms with Gasteiger partial charge in [0.05, 0.1) is 11.8 Å². The predicted molar refractivity (Wildman–Crippen MR) is 158 cm³/mol. The molecule has 0 amide bonds. The number of rotatable bonds is 8. The molecule has 3 aromatic heterocycles. The van der Waals surface area contributed by atoms with Gasteiger partial charge in [0, 0.05) is 45.6 Å². The van der Waals surface area contributed by atoms with E-state index < -0.39 is 9.52 Å². The summed E-state index contributed by atoms with van der Waals surface area (Å²) in [5.41, 5.74) is 3.06. The summed E-state index contributed by atoms with van der Waals surface area (Å²) in [6.07, 6.45) is 6.94. The highest BCUT2D eigenvalue weighted by Crippen LogP contribution is 2.29. The molecule has 1 saturated heterocycles. The van der Waals surface area contributed by atoms with Crippen LogP contribution >= 0.6 is 11.3 Å². The van der Waals surface area contributed by atoms with E-state index in [4.69, 9.17) is 0 Å². The van der Waals surface area contributed by atoms with Crippen LogP contribution in [-0.2, 0) is 22.5 Å². The van der Waals surface area contributed by atoms with Crippen LogP contribution in [0.25, 0.3) is 21.6 Å². The van der Waals surface area contributed by atoms with Crippen molar-refractivity contribution in [1.82, 2.24) is 24.4 Å². The average molecular weight is 551 g/mol. The number of anilines is 2. The molecule has 0 saturated carbocycles. The summed E-state index contributed by atoms with van der Waals surface area (Å²) in [6, 6.07) is 10.2. The van der Waals surface area contributed by atoms with Crippen LogP contribution in [0, 0.1) is 5.92 Å². The fourth-order valence-corrected chi connectivity index (χ4v) is 7.38. The van der Waals surface area contributed by atoms with Crippen molar-refractivity contribution in [1.29, 1.82) is 0 Å². The van der Waals surface area contributed by atoms with E-state index in [1.807, 2.05) is 13.8 Å². The molecular formula is C28H34N6O2S2. The third-order valence-electron chi connectivity index (χ3n) is 7.15. The first kappa shape index (κ1) is 26.5. The first-order valence-electron chi connectivity index (χ1n) is 13.0. The number of thiazole rings is 1. The van der Waals surface area contributed by atoms with Gasteiger partial charge < -0.3 is 10.2 Å². The Hall–Kier alpha value is -3.08. The topological polar surface area (TPSA) is 93.0 Å². The van der Waals surface area contributed by atoms with Gasteiger partial charge in [0.1, 0.15) is 14.9 Å². The Morgan fingerprint density at radius 2 is 1.97 bits per heavy atom. The lowest BCUT2D eigenvalue weighted by molar-refractivity contribution is 0.209. The molecule has 1 aliphatic rings. The molecule has 0 spiro atoms. The van der Waals surface area contributed by atoms with Gasteiger partial charge in [0.15, 0.2) is 0 Å². The van der Waals surface area contributed by atoms with E-state index in [0.717, 1.165) is 24.0 Å². The van der Waals surface area contributed by atoms with Crippen molar-refractivity contribution < 1.29 is 4.21 Å². The lowest BCUT2D eigenvalue weighted by atomic mass is 9.91. The molecular weight excluding hydrogens is 516 g/mol. The van der Waals surface area contributed by atoms with Crippen LogP contribution in [0.2, 0.25) is 0 Å². The third kappa shape index (κ3) is 5.52. The molecule has 0 radical (unpaired) electrons. The summed E-state index contributed by atoms with van der Waals surface area (Å²) < 4.78 is 14.9. The number of aryl methyl sites for hydroxylation is 1. The van der Waals surface area contributed by atoms with Crippen molar-refractivity contribution in [2.45, 2.75) is 43.9 Å². The highest BCUT2D eigenvalue weighted by Gasteiger charge is 2.19. The molecule has 8 nitrogen and oxygen atoms in total. The quantitative estimate of drug-likeness (QED) is 0.319. The maximum absolute atomic E-state index is 13.4. The maximum Gasteiger partial charge on any atom is 0.262 e. The second kappa shape index (κ2) is 11.0. The molecule has 0 bridgehead atoms. The van der Waals surface area contributed by atoms with Crippen molar-refractivity contribution in [2.75, 3.05) is 31.2 Å². The van der Waals surface area contributed by atoms with Crippen LogP contribution in [0.5, 0.6) is 0 Å². The number of hydrogen-bond donors (Lipinski definition) is 1. The second-order valence-corrected chi connectivity index (χ2v) is 13.9. The molecule has 1 fully saturated rings. The summed E-state index contributed by atoms with van der Waals surface area (Å²) in [6.45, 7) is 6.55. The van der Waals surface area contributed by atoms with Gasteiger partial charge in [0.25, 0.3) is 5.56 Å². The first-order chi connectivity index (χ1) is 18.3. The lowest BCUT2D eigenvalue weighted by Gasteiger charge is -2.29. The Labute approximate surface area is 227 Å². The van der Waals surface area contributed by atoms with Gasteiger partial charge in [-0.05, 0) is 75.3 Å². The van der Waals surface area contributed by atoms with Crippen molar-refractivity contribution >= 4 is 49.4 Å². The molecule has 2 atom stereocenters. The Morgan fingerprint density at radius 3 is 2.68 bits per heavy atom. The minimum absolute atomic E-state index is 0.185. The standard InChI is InChI=1S/C28H34N6O2S2/c1-5-34-25-21(15-23(27(34)35)26-29-17-24(37-26)38(4,36)6-2)16-30-28(32-25)31-22-11-9-19(10-12-22)14-20-8-7-13-33(3)18-20/h9-12,15-17,20H,4-8,13-14,18H2,1-3H3,(H,30,31,32). The van der Waals surface area contributed by atoms with Crippen molar-refractivity contribution in [2.24, 2.45) is 5.92 Å². The number of nitrogens with zero attached hydrogens (tertiary/aromatic N) is 5. The third-order valence-corrected chi connectivity index (χ3v) is 10.9. The highest BCUT2D eigenvalue weighted by atomic mass is 32.2. The molecule has 4 heterocycles. The molecule has 1 aliphatic heterocycles. The Balaban J connectivity index is 1.39. The number of nitrogens with one attached hydrogen (secondary N) is 1. The Morgan fingerprint density at radius 1 is 1.18 bits per heavy atom. The Kier molecular flexibility index (Phi) is 7.65. The van der Waals surface area contributed by atoms with Crippen LogP contribution in [-0.4, -0.2) is 60.4 Å². The van der Waals surface area contributed by atoms with Gasteiger partial charge in [0.2, 0.25) is 5.95 Å². The van der Waals surface area contributed by atoms with E-state index in [-0.39, 0.29) is 5.56 Å². The summed E-state index contributed by atoms with van der Waals surface area (Å²) >= 11 is 1.26. The number of fused-ring (bicyclic) bond motifs is 1. The zero-order valence-electron chi connectivity index (χ0n) is 22.1. The lowest BCUT2D eigenvalue weighted by Crippen LogP contribution is -2.32. The van der Waals surface area contributed by atoms with Gasteiger partial charge >= 0.3 is 0 Å². The van der Waals surface area contributed by atoms with Crippen LogP contribution < -0.4 is 10.9 Å². The van der Waals surface area contributed by atoms with E-state index in [0.29, 0.717) is 44.6 Å². The van der Waals surface area contributed by atoms with Gasteiger partial charge in [-0.3, -0.25) is 13.6 Å². The van der Waals surface area contributed by atoms with Gasteiger partial charge in [-0.2, -0.15) is 4.98 Å². The number of benzene rings is 1. The Bertz CT molecular complexity index is 1610. The van der Waals surface area contributed by atoms with Crippen molar-refractivity contribution in [3.8, 4) is 10.6 Å². The summed E-state index contributed by atoms with van der Waals surface area (Å²) in [5, 5.41) is 4.55.